The van der Waals surface area contributed by atoms with E-state index in [0.717, 1.165) is 38.5 Å². The van der Waals surface area contributed by atoms with Crippen molar-refractivity contribution in [1.82, 2.24) is 4.90 Å². The highest BCUT2D eigenvalue weighted by molar-refractivity contribution is 5.66. The Morgan fingerprint density at radius 3 is 2.67 bits per heavy atom. The molecule has 1 aromatic carbocycles. The number of rotatable bonds is 6. The Morgan fingerprint density at radius 1 is 1.33 bits per heavy atom. The molecule has 21 heavy (non-hydrogen) atoms. The molecule has 0 unspecified atom stereocenters. The topological polar surface area (TPSA) is 49.8 Å². The minimum atomic E-state index is -0.778. The van der Waals surface area contributed by atoms with Gasteiger partial charge in [0.1, 0.15) is 11.9 Å². The Hall–Kier alpha value is -1.69. The summed E-state index contributed by atoms with van der Waals surface area (Å²) in [6.07, 6.45) is 2.24. The number of carbonyl (C=O) groups is 1. The summed E-state index contributed by atoms with van der Waals surface area (Å²) in [6.45, 7) is 2.35. The number of carboxylic acids is 1. The van der Waals surface area contributed by atoms with Gasteiger partial charge in [0.05, 0.1) is 0 Å². The van der Waals surface area contributed by atoms with E-state index in [1.54, 1.807) is 0 Å². The van der Waals surface area contributed by atoms with E-state index in [-0.39, 0.29) is 18.3 Å². The number of carboxylic acid groups (broad SMARTS) is 1. The minimum Gasteiger partial charge on any atom is -0.487 e. The fourth-order valence-corrected chi connectivity index (χ4v) is 2.45. The normalized spacial score (nSPS) is 16.9. The molecule has 1 saturated heterocycles. The van der Waals surface area contributed by atoms with Gasteiger partial charge < -0.3 is 14.7 Å². The number of hydrogen-bond donors (Lipinski definition) is 1. The third-order valence-electron chi connectivity index (χ3n) is 3.59. The summed E-state index contributed by atoms with van der Waals surface area (Å²) in [6, 6.07) is 3.31. The van der Waals surface area contributed by atoms with Gasteiger partial charge in [0.25, 0.3) is 0 Å². The van der Waals surface area contributed by atoms with Crippen LogP contribution in [0.5, 0.6) is 5.75 Å². The second-order valence-corrected chi connectivity index (χ2v) is 5.23. The van der Waals surface area contributed by atoms with E-state index in [0.29, 0.717) is 6.42 Å². The second kappa shape index (κ2) is 7.36. The van der Waals surface area contributed by atoms with Crippen LogP contribution in [0, 0.1) is 11.6 Å². The van der Waals surface area contributed by atoms with Crippen molar-refractivity contribution < 1.29 is 23.4 Å². The molecule has 1 N–H and O–H groups in total. The molecule has 6 heteroatoms. The quantitative estimate of drug-likeness (QED) is 0.877. The lowest BCUT2D eigenvalue weighted by Gasteiger charge is -2.32. The van der Waals surface area contributed by atoms with E-state index in [1.807, 2.05) is 0 Å². The van der Waals surface area contributed by atoms with E-state index >= 15 is 0 Å². The van der Waals surface area contributed by atoms with E-state index < -0.39 is 17.6 Å². The van der Waals surface area contributed by atoms with Crippen molar-refractivity contribution in [2.24, 2.45) is 0 Å². The number of piperidine rings is 1. The summed E-state index contributed by atoms with van der Waals surface area (Å²) in [5.74, 6) is -1.99. The van der Waals surface area contributed by atoms with Crippen LogP contribution >= 0.6 is 0 Å². The zero-order valence-electron chi connectivity index (χ0n) is 11.7. The smallest absolute Gasteiger partial charge is 0.303 e. The number of likely N-dealkylation sites (tertiary alicyclic amines) is 1. The first-order valence-corrected chi connectivity index (χ1v) is 7.10. The molecular weight excluding hydrogens is 280 g/mol. The summed E-state index contributed by atoms with van der Waals surface area (Å²) in [7, 11) is 0. The Labute approximate surface area is 122 Å². The summed E-state index contributed by atoms with van der Waals surface area (Å²) < 4.78 is 31.9. The number of benzene rings is 1. The number of nitrogens with zero attached hydrogens (tertiary/aromatic N) is 1. The van der Waals surface area contributed by atoms with Gasteiger partial charge in [-0.2, -0.15) is 0 Å². The molecule has 0 spiro atoms. The lowest BCUT2D eigenvalue weighted by Crippen LogP contribution is -2.38. The molecule has 4 nitrogen and oxygen atoms in total. The maximum Gasteiger partial charge on any atom is 0.303 e. The standard InChI is InChI=1S/C15H19F2NO3/c16-11-3-4-14(13(17)10-11)21-12-5-8-18(9-6-12)7-1-2-15(19)20/h3-4,10,12H,1-2,5-9H2,(H,19,20). The van der Waals surface area contributed by atoms with Crippen LogP contribution in [-0.2, 0) is 4.79 Å². The number of aliphatic carboxylic acids is 1. The van der Waals surface area contributed by atoms with Crippen LogP contribution in [0.2, 0.25) is 0 Å². The number of ether oxygens (including phenoxy) is 1. The van der Waals surface area contributed by atoms with Gasteiger partial charge in [0, 0.05) is 25.6 Å². The molecule has 1 fully saturated rings. The third kappa shape index (κ3) is 4.97. The van der Waals surface area contributed by atoms with Crippen molar-refractivity contribution in [2.45, 2.75) is 31.8 Å². The van der Waals surface area contributed by atoms with Crippen LogP contribution in [0.15, 0.2) is 18.2 Å². The van der Waals surface area contributed by atoms with Crippen LogP contribution in [0.3, 0.4) is 0 Å². The van der Waals surface area contributed by atoms with Crippen LogP contribution in [0.1, 0.15) is 25.7 Å². The number of halogens is 2. The van der Waals surface area contributed by atoms with Crippen molar-refractivity contribution in [3.63, 3.8) is 0 Å². The maximum atomic E-state index is 13.5. The van der Waals surface area contributed by atoms with Gasteiger partial charge in [-0.05, 0) is 37.9 Å². The summed E-state index contributed by atoms with van der Waals surface area (Å²) in [5.41, 5.74) is 0. The second-order valence-electron chi connectivity index (χ2n) is 5.23. The highest BCUT2D eigenvalue weighted by Gasteiger charge is 2.21. The lowest BCUT2D eigenvalue weighted by molar-refractivity contribution is -0.137. The number of hydrogen-bond acceptors (Lipinski definition) is 3. The van der Waals surface area contributed by atoms with E-state index in [4.69, 9.17) is 9.84 Å². The van der Waals surface area contributed by atoms with Crippen LogP contribution in [-0.4, -0.2) is 41.7 Å². The molecule has 116 valence electrons. The Kier molecular flexibility index (Phi) is 5.50. The lowest BCUT2D eigenvalue weighted by atomic mass is 10.1. The van der Waals surface area contributed by atoms with Crippen molar-refractivity contribution in [1.29, 1.82) is 0 Å². The van der Waals surface area contributed by atoms with E-state index in [1.165, 1.54) is 12.1 Å². The van der Waals surface area contributed by atoms with E-state index in [2.05, 4.69) is 4.90 Å². The first-order chi connectivity index (χ1) is 10.0. The van der Waals surface area contributed by atoms with Gasteiger partial charge in [-0.1, -0.05) is 0 Å². The monoisotopic (exact) mass is 299 g/mol. The average Bonchev–Trinajstić information content (AvgIpc) is 2.43. The summed E-state index contributed by atoms with van der Waals surface area (Å²) in [5, 5.41) is 8.59. The van der Waals surface area contributed by atoms with Gasteiger partial charge in [-0.15, -0.1) is 0 Å². The molecule has 0 atom stereocenters. The first kappa shape index (κ1) is 15.7. The van der Waals surface area contributed by atoms with Crippen molar-refractivity contribution >= 4 is 5.97 Å². The predicted octanol–water partition coefficient (Wildman–Crippen LogP) is 2.67. The molecule has 0 bridgehead atoms. The molecule has 1 aliphatic heterocycles. The molecule has 0 saturated carbocycles. The minimum absolute atomic E-state index is 0.0827. The highest BCUT2D eigenvalue weighted by atomic mass is 19.1. The molecular formula is C15H19F2NO3. The largest absolute Gasteiger partial charge is 0.487 e. The molecule has 0 amide bonds. The van der Waals surface area contributed by atoms with Gasteiger partial charge >= 0.3 is 5.97 Å². The molecule has 0 aliphatic carbocycles. The molecule has 1 heterocycles. The first-order valence-electron chi connectivity index (χ1n) is 7.10. The molecule has 1 aromatic rings. The fourth-order valence-electron chi connectivity index (χ4n) is 2.45. The van der Waals surface area contributed by atoms with Crippen molar-refractivity contribution in [2.75, 3.05) is 19.6 Å². The van der Waals surface area contributed by atoms with Crippen molar-refractivity contribution in [3.8, 4) is 5.75 Å². The molecule has 1 aliphatic rings. The Bertz CT molecular complexity index is 488. The predicted molar refractivity (Wildman–Crippen MR) is 73.3 cm³/mol. The van der Waals surface area contributed by atoms with Gasteiger partial charge in [-0.3, -0.25) is 4.79 Å². The van der Waals surface area contributed by atoms with E-state index in [9.17, 15) is 13.6 Å². The Morgan fingerprint density at radius 2 is 2.05 bits per heavy atom. The van der Waals surface area contributed by atoms with Crippen molar-refractivity contribution in [3.05, 3.63) is 29.8 Å². The Balaban J connectivity index is 1.75. The third-order valence-corrected chi connectivity index (χ3v) is 3.59. The average molecular weight is 299 g/mol. The molecule has 0 aromatic heterocycles. The summed E-state index contributed by atoms with van der Waals surface area (Å²) >= 11 is 0. The highest BCUT2D eigenvalue weighted by Crippen LogP contribution is 2.22. The fraction of sp³-hybridized carbons (Fsp3) is 0.533. The van der Waals surface area contributed by atoms with Crippen LogP contribution in [0.25, 0.3) is 0 Å². The molecule has 2 rings (SSSR count). The van der Waals surface area contributed by atoms with Crippen LogP contribution < -0.4 is 4.74 Å². The van der Waals surface area contributed by atoms with Gasteiger partial charge in [-0.25, -0.2) is 8.78 Å². The zero-order valence-corrected chi connectivity index (χ0v) is 11.7. The zero-order chi connectivity index (χ0) is 15.2. The summed E-state index contributed by atoms with van der Waals surface area (Å²) in [4.78, 5) is 12.6. The van der Waals surface area contributed by atoms with Crippen LogP contribution in [0.4, 0.5) is 8.78 Å². The SMILES string of the molecule is O=C(O)CCCN1CCC(Oc2ccc(F)cc2F)CC1. The molecule has 0 radical (unpaired) electrons. The van der Waals surface area contributed by atoms with Gasteiger partial charge in [0.2, 0.25) is 0 Å². The maximum absolute atomic E-state index is 13.5. The van der Waals surface area contributed by atoms with Gasteiger partial charge in [0.15, 0.2) is 11.6 Å².